The first-order chi connectivity index (χ1) is 3.30. The van der Waals surface area contributed by atoms with Crippen LogP contribution in [0.3, 0.4) is 0 Å². The fourth-order valence-corrected chi connectivity index (χ4v) is 1.26. The molecule has 0 spiro atoms. The van der Waals surface area contributed by atoms with E-state index in [4.69, 9.17) is 0 Å². The second-order valence-corrected chi connectivity index (χ2v) is 2.51. The Balaban J connectivity index is 2.48. The standard InChI is InChI=1S/C4H7NOS/c1-3-4(6)7-2-5-3/h3,5H,2H2,1H3. The van der Waals surface area contributed by atoms with E-state index in [0.717, 1.165) is 5.88 Å². The molecule has 3 heteroatoms. The van der Waals surface area contributed by atoms with Crippen LogP contribution in [0.25, 0.3) is 0 Å². The largest absolute Gasteiger partial charge is 0.297 e. The van der Waals surface area contributed by atoms with E-state index in [-0.39, 0.29) is 11.2 Å². The number of thioether (sulfide) groups is 1. The van der Waals surface area contributed by atoms with Crippen LogP contribution in [0.5, 0.6) is 0 Å². The highest BCUT2D eigenvalue weighted by atomic mass is 32.2. The van der Waals surface area contributed by atoms with Gasteiger partial charge in [0.05, 0.1) is 11.9 Å². The zero-order chi connectivity index (χ0) is 5.28. The van der Waals surface area contributed by atoms with E-state index < -0.39 is 0 Å². The van der Waals surface area contributed by atoms with E-state index in [2.05, 4.69) is 5.32 Å². The molecule has 1 atom stereocenters. The summed E-state index contributed by atoms with van der Waals surface area (Å²) in [4.78, 5) is 10.5. The van der Waals surface area contributed by atoms with E-state index in [0.29, 0.717) is 0 Å². The third kappa shape index (κ3) is 0.951. The van der Waals surface area contributed by atoms with Gasteiger partial charge in [-0.05, 0) is 6.92 Å². The van der Waals surface area contributed by atoms with Crippen molar-refractivity contribution in [1.29, 1.82) is 0 Å². The molecule has 1 rings (SSSR count). The Morgan fingerprint density at radius 3 is 2.86 bits per heavy atom. The second kappa shape index (κ2) is 1.84. The maximum Gasteiger partial charge on any atom is 0.206 e. The van der Waals surface area contributed by atoms with Crippen molar-refractivity contribution in [3.8, 4) is 0 Å². The van der Waals surface area contributed by atoms with Crippen LogP contribution in [0.2, 0.25) is 0 Å². The van der Waals surface area contributed by atoms with Crippen molar-refractivity contribution in [2.24, 2.45) is 0 Å². The Morgan fingerprint density at radius 2 is 2.71 bits per heavy atom. The van der Waals surface area contributed by atoms with Crippen molar-refractivity contribution in [2.75, 3.05) is 5.88 Å². The Hall–Kier alpha value is -0.0200. The highest BCUT2D eigenvalue weighted by molar-refractivity contribution is 8.14. The Bertz CT molecular complexity index is 93.7. The minimum Gasteiger partial charge on any atom is -0.297 e. The smallest absolute Gasteiger partial charge is 0.206 e. The molecule has 40 valence electrons. The van der Waals surface area contributed by atoms with Gasteiger partial charge >= 0.3 is 0 Å². The number of hydrogen-bond donors (Lipinski definition) is 1. The molecule has 1 N–H and O–H groups in total. The molecule has 0 radical (unpaired) electrons. The molecule has 1 saturated heterocycles. The molecular weight excluding hydrogens is 110 g/mol. The summed E-state index contributed by atoms with van der Waals surface area (Å²) in [6.07, 6.45) is 0. The lowest BCUT2D eigenvalue weighted by atomic mass is 10.4. The topological polar surface area (TPSA) is 29.1 Å². The predicted octanol–water partition coefficient (Wildman–Crippen LogP) is 0.195. The molecule has 0 saturated carbocycles. The van der Waals surface area contributed by atoms with Crippen LogP contribution in [0.1, 0.15) is 6.92 Å². The number of hydrogen-bond acceptors (Lipinski definition) is 3. The summed E-state index contributed by atoms with van der Waals surface area (Å²) in [7, 11) is 0. The van der Waals surface area contributed by atoms with Gasteiger partial charge in [0.25, 0.3) is 0 Å². The highest BCUT2D eigenvalue weighted by Crippen LogP contribution is 2.10. The van der Waals surface area contributed by atoms with Crippen molar-refractivity contribution in [1.82, 2.24) is 5.32 Å². The zero-order valence-electron chi connectivity index (χ0n) is 4.10. The quantitative estimate of drug-likeness (QED) is 0.491. The van der Waals surface area contributed by atoms with Crippen LogP contribution >= 0.6 is 11.8 Å². The summed E-state index contributed by atoms with van der Waals surface area (Å²) < 4.78 is 0. The van der Waals surface area contributed by atoms with Crippen molar-refractivity contribution in [3.63, 3.8) is 0 Å². The van der Waals surface area contributed by atoms with E-state index in [9.17, 15) is 4.79 Å². The molecule has 1 unspecified atom stereocenters. The molecule has 1 fully saturated rings. The molecule has 0 aromatic carbocycles. The van der Waals surface area contributed by atoms with Crippen LogP contribution in [0.15, 0.2) is 0 Å². The SMILES string of the molecule is CC1NCSC1=O. The van der Waals surface area contributed by atoms with E-state index in [1.54, 1.807) is 0 Å². The molecule has 0 aliphatic carbocycles. The van der Waals surface area contributed by atoms with Gasteiger partial charge in [-0.2, -0.15) is 0 Å². The van der Waals surface area contributed by atoms with Crippen LogP contribution < -0.4 is 5.32 Å². The molecule has 1 heterocycles. The number of rotatable bonds is 0. The lowest BCUT2D eigenvalue weighted by Crippen LogP contribution is -2.21. The summed E-state index contributed by atoms with van der Waals surface area (Å²) in [5, 5.41) is 3.25. The fraction of sp³-hybridized carbons (Fsp3) is 0.750. The average Bonchev–Trinajstić information content (AvgIpc) is 1.91. The summed E-state index contributed by atoms with van der Waals surface area (Å²) in [5.41, 5.74) is 0. The normalized spacial score (nSPS) is 31.6. The Kier molecular flexibility index (Phi) is 1.35. The first-order valence-corrected chi connectivity index (χ1v) is 3.19. The molecule has 0 aromatic heterocycles. The van der Waals surface area contributed by atoms with Gasteiger partial charge in [-0.3, -0.25) is 10.1 Å². The molecule has 0 bridgehead atoms. The highest BCUT2D eigenvalue weighted by Gasteiger charge is 2.18. The minimum absolute atomic E-state index is 0.0880. The van der Waals surface area contributed by atoms with Crippen molar-refractivity contribution in [3.05, 3.63) is 0 Å². The maximum absolute atomic E-state index is 10.5. The molecule has 0 aromatic rings. The molecule has 2 nitrogen and oxygen atoms in total. The lowest BCUT2D eigenvalue weighted by Gasteiger charge is -1.92. The van der Waals surface area contributed by atoms with Gasteiger partial charge < -0.3 is 0 Å². The molecule has 7 heavy (non-hydrogen) atoms. The predicted molar refractivity (Wildman–Crippen MR) is 30.1 cm³/mol. The van der Waals surface area contributed by atoms with E-state index in [1.807, 2.05) is 6.92 Å². The lowest BCUT2D eigenvalue weighted by molar-refractivity contribution is -0.111. The van der Waals surface area contributed by atoms with Gasteiger partial charge in [0.15, 0.2) is 0 Å². The Labute approximate surface area is 46.7 Å². The van der Waals surface area contributed by atoms with Crippen LogP contribution in [0.4, 0.5) is 0 Å². The summed E-state index contributed by atoms with van der Waals surface area (Å²) in [5.74, 6) is 0.792. The van der Waals surface area contributed by atoms with Crippen LogP contribution in [-0.4, -0.2) is 17.0 Å². The van der Waals surface area contributed by atoms with Crippen molar-refractivity contribution in [2.45, 2.75) is 13.0 Å². The maximum atomic E-state index is 10.5. The molecule has 1 aliphatic heterocycles. The van der Waals surface area contributed by atoms with Gasteiger partial charge in [0.2, 0.25) is 5.12 Å². The Morgan fingerprint density at radius 1 is 2.00 bits per heavy atom. The summed E-state index contributed by atoms with van der Waals surface area (Å²) in [6.45, 7) is 1.88. The zero-order valence-corrected chi connectivity index (χ0v) is 4.92. The fourth-order valence-electron chi connectivity index (χ4n) is 0.446. The van der Waals surface area contributed by atoms with Gasteiger partial charge in [-0.15, -0.1) is 0 Å². The first kappa shape index (κ1) is 5.12. The van der Waals surface area contributed by atoms with Crippen LogP contribution in [0, 0.1) is 0 Å². The van der Waals surface area contributed by atoms with Gasteiger partial charge in [-0.25, -0.2) is 0 Å². The third-order valence-electron chi connectivity index (χ3n) is 0.958. The van der Waals surface area contributed by atoms with Gasteiger partial charge in [-0.1, -0.05) is 11.8 Å². The second-order valence-electron chi connectivity index (χ2n) is 1.53. The number of nitrogens with one attached hydrogen (secondary N) is 1. The number of carbonyl (C=O) groups is 1. The summed E-state index contributed by atoms with van der Waals surface area (Å²) >= 11 is 1.36. The van der Waals surface area contributed by atoms with Crippen LogP contribution in [-0.2, 0) is 4.79 Å². The first-order valence-electron chi connectivity index (χ1n) is 2.21. The van der Waals surface area contributed by atoms with Crippen molar-refractivity contribution >= 4 is 16.9 Å². The summed E-state index contributed by atoms with van der Waals surface area (Å²) in [6, 6.07) is 0.0880. The van der Waals surface area contributed by atoms with Crippen molar-refractivity contribution < 1.29 is 4.79 Å². The van der Waals surface area contributed by atoms with Gasteiger partial charge in [0.1, 0.15) is 0 Å². The molecule has 0 amide bonds. The minimum atomic E-state index is 0.0880. The average molecular weight is 117 g/mol. The molecular formula is C4H7NOS. The molecule has 1 aliphatic rings. The van der Waals surface area contributed by atoms with Gasteiger partial charge in [0, 0.05) is 0 Å². The monoisotopic (exact) mass is 117 g/mol. The van der Waals surface area contributed by atoms with E-state index in [1.165, 1.54) is 11.8 Å². The number of carbonyl (C=O) groups excluding carboxylic acids is 1. The van der Waals surface area contributed by atoms with E-state index >= 15 is 0 Å². The third-order valence-corrected chi connectivity index (χ3v) is 1.91.